The summed E-state index contributed by atoms with van der Waals surface area (Å²) in [6.45, 7) is 4.29. The molecule has 0 spiro atoms. The number of aliphatic hydroxyl groups excluding tert-OH is 1. The Hall–Kier alpha value is -1.11. The van der Waals surface area contributed by atoms with Gasteiger partial charge < -0.3 is 9.84 Å². The fourth-order valence-corrected chi connectivity index (χ4v) is 2.95. The van der Waals surface area contributed by atoms with E-state index >= 15 is 0 Å². The smallest absolute Gasteiger partial charge is 0.240 e. The molecule has 0 radical (unpaired) electrons. The monoisotopic (exact) mass is 285 g/mol. The van der Waals surface area contributed by atoms with Crippen molar-refractivity contribution in [2.45, 2.75) is 31.3 Å². The van der Waals surface area contributed by atoms with Crippen molar-refractivity contribution in [2.24, 2.45) is 5.92 Å². The largest absolute Gasteiger partial charge is 0.493 e. The molecule has 0 saturated heterocycles. The van der Waals surface area contributed by atoms with Crippen LogP contribution in [0, 0.1) is 5.92 Å². The maximum atomic E-state index is 12.1. The van der Waals surface area contributed by atoms with E-state index in [-0.39, 0.29) is 17.4 Å². The van der Waals surface area contributed by atoms with Crippen LogP contribution >= 0.6 is 0 Å². The van der Waals surface area contributed by atoms with E-state index in [2.05, 4.69) is 4.72 Å². The van der Waals surface area contributed by atoms with E-state index in [1.807, 2.05) is 13.8 Å². The zero-order valence-electron chi connectivity index (χ0n) is 11.1. The van der Waals surface area contributed by atoms with Gasteiger partial charge in [-0.2, -0.15) is 0 Å². The van der Waals surface area contributed by atoms with Crippen LogP contribution in [0.2, 0.25) is 0 Å². The average molecular weight is 285 g/mol. The van der Waals surface area contributed by atoms with Crippen LogP contribution in [-0.4, -0.2) is 32.8 Å². The van der Waals surface area contributed by atoms with Crippen molar-refractivity contribution in [3.8, 4) is 5.75 Å². The number of fused-ring (bicyclic) bond motifs is 1. The minimum Gasteiger partial charge on any atom is -0.493 e. The van der Waals surface area contributed by atoms with E-state index in [0.29, 0.717) is 6.61 Å². The highest BCUT2D eigenvalue weighted by Gasteiger charge is 2.20. The normalized spacial score (nSPS) is 16.2. The van der Waals surface area contributed by atoms with E-state index in [1.165, 1.54) is 6.07 Å². The Morgan fingerprint density at radius 2 is 2.16 bits per heavy atom. The van der Waals surface area contributed by atoms with Crippen molar-refractivity contribution in [2.75, 3.05) is 13.2 Å². The molecular weight excluding hydrogens is 266 g/mol. The lowest BCUT2D eigenvalue weighted by molar-refractivity contribution is 0.129. The first kappa shape index (κ1) is 14.3. The third kappa shape index (κ3) is 3.26. The van der Waals surface area contributed by atoms with Gasteiger partial charge >= 0.3 is 0 Å². The van der Waals surface area contributed by atoms with E-state index in [9.17, 15) is 13.5 Å². The Labute approximate surface area is 113 Å². The van der Waals surface area contributed by atoms with Crippen LogP contribution < -0.4 is 9.46 Å². The summed E-state index contributed by atoms with van der Waals surface area (Å²) in [5.41, 5.74) is 0.910. The average Bonchev–Trinajstić information content (AvgIpc) is 2.82. The van der Waals surface area contributed by atoms with Gasteiger partial charge in [0.15, 0.2) is 0 Å². The van der Waals surface area contributed by atoms with E-state index in [1.54, 1.807) is 12.1 Å². The molecule has 1 unspecified atom stereocenters. The lowest BCUT2D eigenvalue weighted by Gasteiger charge is -2.15. The van der Waals surface area contributed by atoms with Crippen molar-refractivity contribution in [1.82, 2.24) is 4.72 Å². The molecule has 19 heavy (non-hydrogen) atoms. The molecule has 1 aliphatic rings. The quantitative estimate of drug-likeness (QED) is 0.843. The number of benzene rings is 1. The zero-order chi connectivity index (χ0) is 14.0. The predicted octanol–water partition coefficient (Wildman–Crippen LogP) is 0.917. The molecule has 106 valence electrons. The highest BCUT2D eigenvalue weighted by atomic mass is 32.2. The first-order valence-electron chi connectivity index (χ1n) is 6.33. The van der Waals surface area contributed by atoms with Crippen LogP contribution in [0.4, 0.5) is 0 Å². The fraction of sp³-hybridized carbons (Fsp3) is 0.538. The van der Waals surface area contributed by atoms with Gasteiger partial charge in [-0.15, -0.1) is 0 Å². The minimum absolute atomic E-state index is 0.0103. The molecule has 1 aliphatic heterocycles. The van der Waals surface area contributed by atoms with Crippen molar-refractivity contribution in [1.29, 1.82) is 0 Å². The molecule has 0 bridgehead atoms. The number of sulfonamides is 1. The van der Waals surface area contributed by atoms with Crippen LogP contribution in [0.1, 0.15) is 19.4 Å². The Balaban J connectivity index is 2.11. The molecule has 0 fully saturated rings. The van der Waals surface area contributed by atoms with Crippen molar-refractivity contribution < 1.29 is 18.3 Å². The molecule has 6 heteroatoms. The second-order valence-corrected chi connectivity index (χ2v) is 6.80. The summed E-state index contributed by atoms with van der Waals surface area (Å²) < 4.78 is 32.0. The number of nitrogens with one attached hydrogen (secondary N) is 1. The molecule has 5 nitrogen and oxygen atoms in total. The molecular formula is C13H19NO4S. The van der Waals surface area contributed by atoms with Gasteiger partial charge in [-0.25, -0.2) is 13.1 Å². The Morgan fingerprint density at radius 3 is 2.84 bits per heavy atom. The van der Waals surface area contributed by atoms with Gasteiger partial charge in [-0.3, -0.25) is 0 Å². The summed E-state index contributed by atoms with van der Waals surface area (Å²) in [5.74, 6) is 0.761. The Morgan fingerprint density at radius 1 is 1.42 bits per heavy atom. The molecule has 1 atom stereocenters. The van der Waals surface area contributed by atoms with Gasteiger partial charge in [-0.05, 0) is 29.7 Å². The lowest BCUT2D eigenvalue weighted by Crippen LogP contribution is -2.34. The molecule has 1 heterocycles. The molecule has 0 saturated carbocycles. The molecule has 0 aromatic heterocycles. The summed E-state index contributed by atoms with van der Waals surface area (Å²) in [7, 11) is -3.58. The topological polar surface area (TPSA) is 75.6 Å². The third-order valence-corrected chi connectivity index (χ3v) is 4.64. The van der Waals surface area contributed by atoms with Crippen molar-refractivity contribution in [3.63, 3.8) is 0 Å². The van der Waals surface area contributed by atoms with Gasteiger partial charge in [0.1, 0.15) is 5.75 Å². The molecule has 0 aliphatic carbocycles. The highest BCUT2D eigenvalue weighted by molar-refractivity contribution is 7.89. The summed E-state index contributed by atoms with van der Waals surface area (Å²) in [6.07, 6.45) is 0.0420. The van der Waals surface area contributed by atoms with Crippen LogP contribution in [0.5, 0.6) is 5.75 Å². The third-order valence-electron chi connectivity index (χ3n) is 3.22. The van der Waals surface area contributed by atoms with Gasteiger partial charge in [0, 0.05) is 13.0 Å². The Kier molecular flexibility index (Phi) is 4.13. The van der Waals surface area contributed by atoms with E-state index in [0.717, 1.165) is 17.7 Å². The fourth-order valence-electron chi connectivity index (χ4n) is 1.84. The van der Waals surface area contributed by atoms with Crippen LogP contribution in [0.25, 0.3) is 0 Å². The van der Waals surface area contributed by atoms with Gasteiger partial charge in [0.05, 0.1) is 17.6 Å². The number of aliphatic hydroxyl groups is 1. The number of ether oxygens (including phenoxy) is 1. The van der Waals surface area contributed by atoms with Crippen LogP contribution in [0.15, 0.2) is 23.1 Å². The number of hydrogen-bond acceptors (Lipinski definition) is 4. The first-order chi connectivity index (χ1) is 8.90. The van der Waals surface area contributed by atoms with E-state index in [4.69, 9.17) is 4.74 Å². The number of rotatable bonds is 5. The minimum atomic E-state index is -3.58. The standard InChI is InChI=1S/C13H19NO4S/c1-9(2)12(15)8-14-19(16,17)11-3-4-13-10(7-11)5-6-18-13/h3-4,7,9,12,14-15H,5-6,8H2,1-2H3. The number of hydrogen-bond donors (Lipinski definition) is 2. The molecule has 2 rings (SSSR count). The summed E-state index contributed by atoms with van der Waals surface area (Å²) >= 11 is 0. The van der Waals surface area contributed by atoms with Crippen LogP contribution in [0.3, 0.4) is 0 Å². The highest BCUT2D eigenvalue weighted by Crippen LogP contribution is 2.27. The van der Waals surface area contributed by atoms with Crippen molar-refractivity contribution in [3.05, 3.63) is 23.8 Å². The SMILES string of the molecule is CC(C)C(O)CNS(=O)(=O)c1ccc2c(c1)CCO2. The maximum Gasteiger partial charge on any atom is 0.240 e. The first-order valence-corrected chi connectivity index (χ1v) is 7.82. The molecule has 2 N–H and O–H groups in total. The predicted molar refractivity (Wildman–Crippen MR) is 71.7 cm³/mol. The lowest BCUT2D eigenvalue weighted by atomic mass is 10.1. The second kappa shape index (κ2) is 5.48. The van der Waals surface area contributed by atoms with Gasteiger partial charge in [-0.1, -0.05) is 13.8 Å². The summed E-state index contributed by atoms with van der Waals surface area (Å²) in [6, 6.07) is 4.83. The van der Waals surface area contributed by atoms with E-state index < -0.39 is 16.1 Å². The van der Waals surface area contributed by atoms with Gasteiger partial charge in [0.2, 0.25) is 10.0 Å². The Bertz CT molecular complexity index is 554. The maximum absolute atomic E-state index is 12.1. The summed E-state index contributed by atoms with van der Waals surface area (Å²) in [5, 5.41) is 9.64. The summed E-state index contributed by atoms with van der Waals surface area (Å²) in [4.78, 5) is 0.215. The second-order valence-electron chi connectivity index (χ2n) is 5.03. The van der Waals surface area contributed by atoms with Crippen molar-refractivity contribution >= 4 is 10.0 Å². The zero-order valence-corrected chi connectivity index (χ0v) is 11.9. The van der Waals surface area contributed by atoms with Crippen LogP contribution in [-0.2, 0) is 16.4 Å². The molecule has 1 aromatic rings. The molecule has 0 amide bonds. The van der Waals surface area contributed by atoms with Gasteiger partial charge in [0.25, 0.3) is 0 Å². The molecule has 1 aromatic carbocycles.